The summed E-state index contributed by atoms with van der Waals surface area (Å²) in [7, 11) is 0. The smallest absolute Gasteiger partial charge is 0.315 e. The summed E-state index contributed by atoms with van der Waals surface area (Å²) in [5.74, 6) is 3.14. The molecule has 1 saturated heterocycles. The minimum absolute atomic E-state index is 0.00238. The number of nitrogens with one attached hydrogen (secondary N) is 2. The van der Waals surface area contributed by atoms with Crippen molar-refractivity contribution in [3.8, 4) is 11.1 Å². The van der Waals surface area contributed by atoms with Gasteiger partial charge in [0.05, 0.1) is 23.8 Å². The van der Waals surface area contributed by atoms with Gasteiger partial charge in [0.15, 0.2) is 6.29 Å². The maximum Gasteiger partial charge on any atom is 0.315 e. The van der Waals surface area contributed by atoms with Crippen LogP contribution in [0.4, 0.5) is 4.79 Å². The number of ether oxygens (including phenoxy) is 2. The molecule has 8 heteroatoms. The van der Waals surface area contributed by atoms with Gasteiger partial charge in [-0.05, 0) is 108 Å². The van der Waals surface area contributed by atoms with Crippen LogP contribution in [0.1, 0.15) is 79.6 Å². The van der Waals surface area contributed by atoms with Crippen LogP contribution in [-0.4, -0.2) is 33.5 Å². The zero-order valence-corrected chi connectivity index (χ0v) is 28.6. The van der Waals surface area contributed by atoms with Gasteiger partial charge in [0, 0.05) is 36.0 Å². The van der Waals surface area contributed by atoms with Crippen LogP contribution in [0.3, 0.4) is 0 Å². The summed E-state index contributed by atoms with van der Waals surface area (Å²) in [4.78, 5) is 17.6. The summed E-state index contributed by atoms with van der Waals surface area (Å²) < 4.78 is 13.2. The molecule has 4 saturated carbocycles. The maximum absolute atomic E-state index is 13.1. The number of benzene rings is 3. The van der Waals surface area contributed by atoms with Crippen molar-refractivity contribution in [2.24, 2.45) is 17.8 Å². The molecular formula is C41H45N3O4S. The second-order valence-electron chi connectivity index (χ2n) is 14.7. The molecule has 5 fully saturated rings. The number of carbonyl (C=O) groups is 1. The van der Waals surface area contributed by atoms with Gasteiger partial charge in [0.2, 0.25) is 0 Å². The number of pyridine rings is 1. The number of aliphatic hydroxyl groups is 1. The molecule has 3 N–H and O–H groups in total. The highest BCUT2D eigenvalue weighted by Crippen LogP contribution is 2.55. The largest absolute Gasteiger partial charge is 0.392 e. The highest BCUT2D eigenvalue weighted by molar-refractivity contribution is 7.99. The molecular weight excluding hydrogens is 631 g/mol. The van der Waals surface area contributed by atoms with E-state index in [0.717, 1.165) is 87.6 Å². The molecule has 7 nitrogen and oxygen atoms in total. The summed E-state index contributed by atoms with van der Waals surface area (Å²) in [6.07, 6.45) is 9.33. The van der Waals surface area contributed by atoms with E-state index in [2.05, 4.69) is 64.1 Å². The number of nitrogens with zero attached hydrogens (tertiary/aromatic N) is 1. The first kappa shape index (κ1) is 32.5. The molecule has 0 radical (unpaired) electrons. The van der Waals surface area contributed by atoms with Crippen LogP contribution in [-0.2, 0) is 22.6 Å². The van der Waals surface area contributed by atoms with Gasteiger partial charge in [0.25, 0.3) is 0 Å². The molecule has 0 spiro atoms. The van der Waals surface area contributed by atoms with Crippen molar-refractivity contribution in [1.82, 2.24) is 15.6 Å². The van der Waals surface area contributed by atoms with Crippen molar-refractivity contribution in [2.75, 3.05) is 5.75 Å². The molecule has 4 aromatic rings. The van der Waals surface area contributed by atoms with Crippen LogP contribution < -0.4 is 10.6 Å². The highest BCUT2D eigenvalue weighted by Gasteiger charge is 2.51. The first-order valence-corrected chi connectivity index (χ1v) is 18.8. The number of hydrogen-bond acceptors (Lipinski definition) is 6. The first-order valence-electron chi connectivity index (χ1n) is 17.8. The molecule has 0 unspecified atom stereocenters. The Morgan fingerprint density at radius 3 is 2.24 bits per heavy atom. The molecule has 4 aliphatic carbocycles. The van der Waals surface area contributed by atoms with Crippen molar-refractivity contribution >= 4 is 17.8 Å². The third-order valence-corrected chi connectivity index (χ3v) is 12.0. The summed E-state index contributed by atoms with van der Waals surface area (Å²) >= 11 is 1.69. The number of urea groups is 1. The topological polar surface area (TPSA) is 92.7 Å². The minimum Gasteiger partial charge on any atom is -0.392 e. The number of thioether (sulfide) groups is 1. The quantitative estimate of drug-likeness (QED) is 0.146. The number of aromatic nitrogens is 1. The lowest BCUT2D eigenvalue weighted by Crippen LogP contribution is -2.61. The van der Waals surface area contributed by atoms with Crippen LogP contribution in [0.5, 0.6) is 0 Å². The van der Waals surface area contributed by atoms with Gasteiger partial charge in [-0.3, -0.25) is 0 Å². The van der Waals surface area contributed by atoms with Gasteiger partial charge < -0.3 is 25.2 Å². The van der Waals surface area contributed by atoms with Crippen LogP contribution in [0.2, 0.25) is 0 Å². The Bertz CT molecular complexity index is 1710. The minimum atomic E-state index is -0.538. The predicted octanol–water partition coefficient (Wildman–Crippen LogP) is 8.35. The fourth-order valence-electron chi connectivity index (χ4n) is 9.09. The summed E-state index contributed by atoms with van der Waals surface area (Å²) in [5.41, 5.74) is 6.12. The molecule has 49 heavy (non-hydrogen) atoms. The summed E-state index contributed by atoms with van der Waals surface area (Å²) in [5, 5.41) is 17.1. The third kappa shape index (κ3) is 7.58. The number of hydrogen-bond donors (Lipinski definition) is 3. The lowest BCUT2D eigenvalue weighted by Gasteiger charge is -2.56. The van der Waals surface area contributed by atoms with E-state index < -0.39 is 6.29 Å². The van der Waals surface area contributed by atoms with Gasteiger partial charge in [-0.25, -0.2) is 9.78 Å². The molecule has 3 atom stereocenters. The molecule has 1 aromatic heterocycles. The fourth-order valence-corrected chi connectivity index (χ4v) is 9.97. The number of rotatable bonds is 10. The Morgan fingerprint density at radius 1 is 0.796 bits per heavy atom. The highest BCUT2D eigenvalue weighted by atomic mass is 32.2. The summed E-state index contributed by atoms with van der Waals surface area (Å²) in [6.45, 7) is 0.493. The SMILES string of the molecule is O=C(NCc1cccc(-c2cccc([C@@H]3O[C@H](CSc4ccccn4)C[C@H](c4ccc(CO)cc4)O3)c2)c1)NC12CC3CC(CC(C3)C1)C2. The van der Waals surface area contributed by atoms with E-state index in [0.29, 0.717) is 6.54 Å². The fraction of sp³-hybridized carbons (Fsp3) is 0.415. The molecule has 4 bridgehead atoms. The Hall–Kier alpha value is -3.69. The Kier molecular flexibility index (Phi) is 9.47. The van der Waals surface area contributed by atoms with Crippen LogP contribution in [0.25, 0.3) is 11.1 Å². The van der Waals surface area contributed by atoms with Crippen molar-refractivity contribution in [3.63, 3.8) is 0 Å². The van der Waals surface area contributed by atoms with Gasteiger partial charge >= 0.3 is 6.03 Å². The lowest BCUT2D eigenvalue weighted by molar-refractivity contribution is -0.245. The first-order chi connectivity index (χ1) is 24.0. The zero-order chi connectivity index (χ0) is 33.2. The standard InChI is InChI=1S/C41H45N3O4S/c45-25-27-10-12-32(13-11-27)37-20-36(26-49-38-9-1-2-14-42-38)47-39(48-37)35-8-4-7-34(19-35)33-6-3-5-28(18-33)24-43-40(46)44-41-21-29-15-30(22-41)17-31(16-29)23-41/h1-14,18-19,29-31,36-37,39,45H,15-17,20-26H2,(H2,43,44,46)/t29?,30?,31?,36-,37+,39+,41?/m0/s1. The number of carbonyl (C=O) groups excluding carboxylic acids is 1. The van der Waals surface area contributed by atoms with E-state index in [1.54, 1.807) is 11.8 Å². The van der Waals surface area contributed by atoms with Gasteiger partial charge in [-0.2, -0.15) is 0 Å². The van der Waals surface area contributed by atoms with E-state index >= 15 is 0 Å². The molecule has 1 aliphatic heterocycles. The number of aliphatic hydroxyl groups excluding tert-OH is 1. The normalized spacial score (nSPS) is 28.7. The molecule has 9 rings (SSSR count). The van der Waals surface area contributed by atoms with Gasteiger partial charge in [-0.15, -0.1) is 11.8 Å². The van der Waals surface area contributed by atoms with Gasteiger partial charge in [-0.1, -0.05) is 66.7 Å². The predicted molar refractivity (Wildman–Crippen MR) is 192 cm³/mol. The second kappa shape index (κ2) is 14.3. The van der Waals surface area contributed by atoms with Crippen LogP contribution >= 0.6 is 11.8 Å². The van der Waals surface area contributed by atoms with Crippen LogP contribution in [0.15, 0.2) is 102 Å². The van der Waals surface area contributed by atoms with Crippen molar-refractivity contribution < 1.29 is 19.4 Å². The van der Waals surface area contributed by atoms with Gasteiger partial charge in [0.1, 0.15) is 0 Å². The summed E-state index contributed by atoms with van der Waals surface area (Å²) in [6, 6.07) is 30.7. The van der Waals surface area contributed by atoms with E-state index in [4.69, 9.17) is 9.47 Å². The van der Waals surface area contributed by atoms with Crippen molar-refractivity contribution in [1.29, 1.82) is 0 Å². The lowest BCUT2D eigenvalue weighted by atomic mass is 9.53. The Morgan fingerprint density at radius 2 is 1.53 bits per heavy atom. The Balaban J connectivity index is 0.951. The van der Waals surface area contributed by atoms with E-state index in [1.807, 2.05) is 48.7 Å². The molecule has 5 aliphatic rings. The average molecular weight is 676 g/mol. The van der Waals surface area contributed by atoms with Crippen LogP contribution in [0, 0.1) is 17.8 Å². The third-order valence-electron chi connectivity index (χ3n) is 11.0. The van der Waals surface area contributed by atoms with Crippen molar-refractivity contribution in [3.05, 3.63) is 119 Å². The second-order valence-corrected chi connectivity index (χ2v) is 15.7. The van der Waals surface area contributed by atoms with E-state index in [9.17, 15) is 9.90 Å². The molecule has 2 amide bonds. The molecule has 254 valence electrons. The zero-order valence-electron chi connectivity index (χ0n) is 27.8. The average Bonchev–Trinajstić information content (AvgIpc) is 3.13. The van der Waals surface area contributed by atoms with E-state index in [-0.39, 0.29) is 30.4 Å². The monoisotopic (exact) mass is 675 g/mol. The number of amides is 2. The van der Waals surface area contributed by atoms with Crippen molar-refractivity contribution in [2.45, 2.75) is 87.2 Å². The van der Waals surface area contributed by atoms with E-state index in [1.165, 1.54) is 19.3 Å². The molecule has 2 heterocycles. The molecule has 3 aromatic carbocycles. The maximum atomic E-state index is 13.1. The Labute approximate surface area is 293 Å².